The molecule has 0 radical (unpaired) electrons. The number of hydrogen-bond donors (Lipinski definition) is 1. The summed E-state index contributed by atoms with van der Waals surface area (Å²) in [6.45, 7) is 1.90. The third-order valence-electron chi connectivity index (χ3n) is 3.49. The molecule has 4 heteroatoms. The van der Waals surface area contributed by atoms with Crippen LogP contribution in [0, 0.1) is 0 Å². The topological polar surface area (TPSA) is 57.4 Å². The second-order valence-corrected chi connectivity index (χ2v) is 4.78. The van der Waals surface area contributed by atoms with Crippen molar-refractivity contribution < 1.29 is 9.47 Å². The number of nitrogens with two attached hydrogens (primary N) is 1. The summed E-state index contributed by atoms with van der Waals surface area (Å²) in [7, 11) is 0. The minimum atomic E-state index is 0.203. The number of aromatic nitrogens is 1. The molecule has 1 unspecified atom stereocenters. The molecule has 0 saturated carbocycles. The fraction of sp³-hybridized carbons (Fsp3) is 0.400. The number of pyridine rings is 1. The molecule has 0 amide bonds. The predicted octanol–water partition coefficient (Wildman–Crippen LogP) is 2.25. The number of nitrogens with zero attached hydrogens (tertiary/aromatic N) is 1. The highest BCUT2D eigenvalue weighted by Crippen LogP contribution is 2.26. The molecule has 3 rings (SSSR count). The van der Waals surface area contributed by atoms with Crippen LogP contribution in [-0.4, -0.2) is 24.3 Å². The van der Waals surface area contributed by atoms with E-state index in [1.54, 1.807) is 6.20 Å². The Morgan fingerprint density at radius 2 is 2.16 bits per heavy atom. The Bertz CT molecular complexity index is 565. The molecular weight excluding hydrogens is 240 g/mol. The van der Waals surface area contributed by atoms with Gasteiger partial charge in [0.25, 0.3) is 0 Å². The van der Waals surface area contributed by atoms with Crippen LogP contribution in [0.4, 0.5) is 0 Å². The summed E-state index contributed by atoms with van der Waals surface area (Å²) >= 11 is 0. The number of hydrogen-bond acceptors (Lipinski definition) is 4. The minimum absolute atomic E-state index is 0.203. The summed E-state index contributed by atoms with van der Waals surface area (Å²) in [6, 6.07) is 8.07. The van der Waals surface area contributed by atoms with E-state index in [1.807, 2.05) is 18.2 Å². The van der Waals surface area contributed by atoms with E-state index in [4.69, 9.17) is 15.2 Å². The van der Waals surface area contributed by atoms with Gasteiger partial charge in [-0.05, 0) is 29.9 Å². The molecule has 2 aromatic rings. The Kier molecular flexibility index (Phi) is 3.62. The van der Waals surface area contributed by atoms with E-state index in [9.17, 15) is 0 Å². The Hall–Kier alpha value is -1.65. The van der Waals surface area contributed by atoms with Crippen molar-refractivity contribution in [3.63, 3.8) is 0 Å². The third-order valence-corrected chi connectivity index (χ3v) is 3.49. The molecule has 2 heterocycles. The average Bonchev–Trinajstić information content (AvgIpc) is 2.98. The molecule has 1 fully saturated rings. The number of ether oxygens (including phenoxy) is 2. The lowest BCUT2D eigenvalue weighted by molar-refractivity contribution is 0.0669. The molecule has 1 aliphatic rings. The van der Waals surface area contributed by atoms with Crippen LogP contribution in [0.25, 0.3) is 10.8 Å². The molecular formula is C15H18N2O2. The van der Waals surface area contributed by atoms with Gasteiger partial charge in [-0.3, -0.25) is 0 Å². The Labute approximate surface area is 112 Å². The van der Waals surface area contributed by atoms with Crippen molar-refractivity contribution >= 4 is 10.8 Å². The first-order valence-electron chi connectivity index (χ1n) is 6.69. The fourth-order valence-electron chi connectivity index (χ4n) is 2.45. The molecule has 4 nitrogen and oxygen atoms in total. The van der Waals surface area contributed by atoms with Gasteiger partial charge in [0.05, 0.1) is 6.10 Å². The van der Waals surface area contributed by atoms with Crippen molar-refractivity contribution in [2.75, 3.05) is 13.2 Å². The molecule has 1 saturated heterocycles. The summed E-state index contributed by atoms with van der Waals surface area (Å²) in [5.74, 6) is 0.670. The van der Waals surface area contributed by atoms with E-state index in [1.165, 1.54) is 0 Å². The smallest absolute Gasteiger partial charge is 0.221 e. The highest BCUT2D eigenvalue weighted by Gasteiger charge is 2.17. The summed E-state index contributed by atoms with van der Waals surface area (Å²) < 4.78 is 11.4. The summed E-state index contributed by atoms with van der Waals surface area (Å²) in [4.78, 5) is 4.38. The summed E-state index contributed by atoms with van der Waals surface area (Å²) in [6.07, 6.45) is 4.19. The van der Waals surface area contributed by atoms with Crippen LogP contribution in [0.3, 0.4) is 0 Å². The van der Waals surface area contributed by atoms with Crippen LogP contribution in [0.5, 0.6) is 5.88 Å². The lowest BCUT2D eigenvalue weighted by atomic mass is 10.1. The maximum atomic E-state index is 5.83. The predicted molar refractivity (Wildman–Crippen MR) is 74.1 cm³/mol. The van der Waals surface area contributed by atoms with Crippen LogP contribution < -0.4 is 10.5 Å². The second-order valence-electron chi connectivity index (χ2n) is 4.78. The van der Waals surface area contributed by atoms with Crippen LogP contribution >= 0.6 is 0 Å². The molecule has 1 aliphatic heterocycles. The number of rotatable bonds is 4. The standard InChI is InChI=1S/C15H18N2O2/c16-8-11-9-17-15(14-6-2-1-5-13(11)14)19-10-12-4-3-7-18-12/h1-2,5-6,9,12H,3-4,7-8,10,16H2. The quantitative estimate of drug-likeness (QED) is 0.913. The normalized spacial score (nSPS) is 18.9. The van der Waals surface area contributed by atoms with Crippen molar-refractivity contribution in [2.24, 2.45) is 5.73 Å². The average molecular weight is 258 g/mol. The van der Waals surface area contributed by atoms with E-state index in [2.05, 4.69) is 11.1 Å². The lowest BCUT2D eigenvalue weighted by Crippen LogP contribution is -2.17. The van der Waals surface area contributed by atoms with E-state index in [0.29, 0.717) is 19.0 Å². The van der Waals surface area contributed by atoms with E-state index in [-0.39, 0.29) is 6.10 Å². The molecule has 1 aromatic carbocycles. The second kappa shape index (κ2) is 5.55. The van der Waals surface area contributed by atoms with Crippen molar-refractivity contribution in [3.05, 3.63) is 36.0 Å². The zero-order chi connectivity index (χ0) is 13.1. The maximum absolute atomic E-state index is 5.83. The van der Waals surface area contributed by atoms with Gasteiger partial charge in [-0.25, -0.2) is 4.98 Å². The lowest BCUT2D eigenvalue weighted by Gasteiger charge is -2.13. The van der Waals surface area contributed by atoms with Gasteiger partial charge in [0.2, 0.25) is 5.88 Å². The zero-order valence-corrected chi connectivity index (χ0v) is 10.8. The van der Waals surface area contributed by atoms with Crippen molar-refractivity contribution in [1.82, 2.24) is 4.98 Å². The SMILES string of the molecule is NCc1cnc(OCC2CCCO2)c2ccccc12. The molecule has 2 N–H and O–H groups in total. The highest BCUT2D eigenvalue weighted by atomic mass is 16.5. The molecule has 0 bridgehead atoms. The summed E-state index contributed by atoms with van der Waals surface area (Å²) in [5.41, 5.74) is 6.78. The van der Waals surface area contributed by atoms with Crippen molar-refractivity contribution in [1.29, 1.82) is 0 Å². The number of benzene rings is 1. The van der Waals surface area contributed by atoms with Gasteiger partial charge in [-0.15, -0.1) is 0 Å². The molecule has 0 spiro atoms. The third kappa shape index (κ3) is 2.55. The monoisotopic (exact) mass is 258 g/mol. The Morgan fingerprint density at radius 1 is 1.32 bits per heavy atom. The highest BCUT2D eigenvalue weighted by molar-refractivity contribution is 5.89. The van der Waals surface area contributed by atoms with Crippen LogP contribution in [0.1, 0.15) is 18.4 Å². The van der Waals surface area contributed by atoms with Gasteiger partial charge in [-0.1, -0.05) is 18.2 Å². The van der Waals surface area contributed by atoms with Crippen LogP contribution in [-0.2, 0) is 11.3 Å². The van der Waals surface area contributed by atoms with Crippen molar-refractivity contribution in [2.45, 2.75) is 25.5 Å². The fourth-order valence-corrected chi connectivity index (χ4v) is 2.45. The molecule has 100 valence electrons. The maximum Gasteiger partial charge on any atom is 0.221 e. The van der Waals surface area contributed by atoms with Gasteiger partial charge in [0.15, 0.2) is 0 Å². The van der Waals surface area contributed by atoms with Gasteiger partial charge >= 0.3 is 0 Å². The van der Waals surface area contributed by atoms with Crippen LogP contribution in [0.2, 0.25) is 0 Å². The largest absolute Gasteiger partial charge is 0.474 e. The van der Waals surface area contributed by atoms with Gasteiger partial charge in [0.1, 0.15) is 6.61 Å². The minimum Gasteiger partial charge on any atom is -0.474 e. The molecule has 1 atom stereocenters. The molecule has 1 aromatic heterocycles. The van der Waals surface area contributed by atoms with Gasteiger partial charge < -0.3 is 15.2 Å². The summed E-state index contributed by atoms with van der Waals surface area (Å²) in [5, 5.41) is 2.13. The van der Waals surface area contributed by atoms with Gasteiger partial charge in [-0.2, -0.15) is 0 Å². The Balaban J connectivity index is 1.86. The van der Waals surface area contributed by atoms with Gasteiger partial charge in [0, 0.05) is 24.7 Å². The first-order valence-corrected chi connectivity index (χ1v) is 6.69. The van der Waals surface area contributed by atoms with Crippen molar-refractivity contribution in [3.8, 4) is 5.88 Å². The zero-order valence-electron chi connectivity index (χ0n) is 10.8. The number of fused-ring (bicyclic) bond motifs is 1. The van der Waals surface area contributed by atoms with E-state index in [0.717, 1.165) is 35.8 Å². The molecule has 19 heavy (non-hydrogen) atoms. The first kappa shape index (κ1) is 12.4. The Morgan fingerprint density at radius 3 is 2.89 bits per heavy atom. The first-order chi connectivity index (χ1) is 9.38. The van der Waals surface area contributed by atoms with E-state index >= 15 is 0 Å². The van der Waals surface area contributed by atoms with E-state index < -0.39 is 0 Å². The van der Waals surface area contributed by atoms with Crippen LogP contribution in [0.15, 0.2) is 30.5 Å². The molecule has 0 aliphatic carbocycles.